The zero-order valence-corrected chi connectivity index (χ0v) is 11.6. The zero-order chi connectivity index (χ0) is 13.7. The van der Waals surface area contributed by atoms with Gasteiger partial charge in [0.2, 0.25) is 0 Å². The lowest BCUT2D eigenvalue weighted by atomic mass is 10.1. The van der Waals surface area contributed by atoms with Crippen LogP contribution in [0.5, 0.6) is 5.75 Å². The molecule has 0 bridgehead atoms. The van der Waals surface area contributed by atoms with Crippen molar-refractivity contribution >= 4 is 5.97 Å². The minimum atomic E-state index is -0.347. The molecular formula is C15H21NO3. The molecule has 0 aliphatic carbocycles. The monoisotopic (exact) mass is 263 g/mol. The molecule has 1 heterocycles. The number of ether oxygens (including phenoxy) is 2. The first kappa shape index (κ1) is 13.9. The minimum Gasteiger partial charge on any atom is -0.491 e. The fourth-order valence-corrected chi connectivity index (χ4v) is 2.33. The van der Waals surface area contributed by atoms with E-state index in [0.717, 1.165) is 25.2 Å². The van der Waals surface area contributed by atoms with Gasteiger partial charge in [0.1, 0.15) is 17.9 Å². The third-order valence-corrected chi connectivity index (χ3v) is 3.40. The second-order valence-electron chi connectivity index (χ2n) is 4.89. The van der Waals surface area contributed by atoms with Crippen molar-refractivity contribution in [2.24, 2.45) is 0 Å². The first-order valence-corrected chi connectivity index (χ1v) is 6.75. The Hall–Kier alpha value is -1.55. The molecule has 1 fully saturated rings. The van der Waals surface area contributed by atoms with Crippen LogP contribution in [0.25, 0.3) is 0 Å². The number of likely N-dealkylation sites (tertiary alicyclic amines) is 1. The van der Waals surface area contributed by atoms with Gasteiger partial charge in [0.15, 0.2) is 0 Å². The maximum absolute atomic E-state index is 11.7. The van der Waals surface area contributed by atoms with Crippen LogP contribution >= 0.6 is 0 Å². The molecule has 0 saturated carbocycles. The molecule has 2 rings (SSSR count). The summed E-state index contributed by atoms with van der Waals surface area (Å²) in [5.74, 6) is 0.261. The second-order valence-corrected chi connectivity index (χ2v) is 4.89. The Balaban J connectivity index is 1.96. The summed E-state index contributed by atoms with van der Waals surface area (Å²) in [5, 5.41) is 0. The largest absolute Gasteiger partial charge is 0.491 e. The minimum absolute atomic E-state index is 0.347. The highest BCUT2D eigenvalue weighted by molar-refractivity contribution is 5.92. The van der Waals surface area contributed by atoms with Crippen molar-refractivity contribution < 1.29 is 14.3 Å². The predicted octanol–water partition coefficient (Wildman–Crippen LogP) is 2.26. The smallest absolute Gasteiger partial charge is 0.341 e. The molecule has 0 atom stereocenters. The zero-order valence-electron chi connectivity index (χ0n) is 11.6. The summed E-state index contributed by atoms with van der Waals surface area (Å²) in [7, 11) is 1.39. The number of hydrogen-bond donors (Lipinski definition) is 0. The third kappa shape index (κ3) is 3.70. The van der Waals surface area contributed by atoms with Gasteiger partial charge in [-0.3, -0.25) is 4.90 Å². The predicted molar refractivity (Wildman–Crippen MR) is 73.7 cm³/mol. The lowest BCUT2D eigenvalue weighted by Crippen LogP contribution is -2.25. The van der Waals surface area contributed by atoms with E-state index in [9.17, 15) is 4.79 Å². The van der Waals surface area contributed by atoms with Crippen LogP contribution in [0.2, 0.25) is 0 Å². The molecule has 19 heavy (non-hydrogen) atoms. The molecule has 0 unspecified atom stereocenters. The normalized spacial score (nSPS) is 15.5. The first-order chi connectivity index (χ1) is 9.20. The quantitative estimate of drug-likeness (QED) is 0.764. The van der Waals surface area contributed by atoms with Crippen molar-refractivity contribution in [1.29, 1.82) is 0 Å². The number of carbonyl (C=O) groups excluding carboxylic acids is 1. The summed E-state index contributed by atoms with van der Waals surface area (Å²) in [6, 6.07) is 5.58. The Morgan fingerprint density at radius 1 is 1.32 bits per heavy atom. The van der Waals surface area contributed by atoms with Gasteiger partial charge in [-0.2, -0.15) is 0 Å². The van der Waals surface area contributed by atoms with E-state index in [0.29, 0.717) is 17.9 Å². The van der Waals surface area contributed by atoms with Crippen LogP contribution in [-0.2, 0) is 4.74 Å². The summed E-state index contributed by atoms with van der Waals surface area (Å²) >= 11 is 0. The average molecular weight is 263 g/mol. The van der Waals surface area contributed by atoms with E-state index in [4.69, 9.17) is 9.47 Å². The van der Waals surface area contributed by atoms with E-state index >= 15 is 0 Å². The van der Waals surface area contributed by atoms with Crippen LogP contribution in [-0.4, -0.2) is 44.2 Å². The molecule has 104 valence electrons. The van der Waals surface area contributed by atoms with Crippen molar-refractivity contribution in [3.8, 4) is 5.75 Å². The summed E-state index contributed by atoms with van der Waals surface area (Å²) < 4.78 is 10.5. The molecule has 0 aromatic heterocycles. The van der Waals surface area contributed by atoms with E-state index < -0.39 is 0 Å². The Morgan fingerprint density at radius 3 is 2.74 bits per heavy atom. The number of aryl methyl sites for hydroxylation is 1. The van der Waals surface area contributed by atoms with Gasteiger partial charge >= 0.3 is 5.97 Å². The summed E-state index contributed by atoms with van der Waals surface area (Å²) in [6.45, 7) is 5.77. The van der Waals surface area contributed by atoms with E-state index in [1.165, 1.54) is 20.0 Å². The lowest BCUT2D eigenvalue weighted by Gasteiger charge is -2.16. The van der Waals surface area contributed by atoms with E-state index in [2.05, 4.69) is 4.90 Å². The van der Waals surface area contributed by atoms with Crippen molar-refractivity contribution in [2.45, 2.75) is 19.8 Å². The first-order valence-electron chi connectivity index (χ1n) is 6.75. The summed E-state index contributed by atoms with van der Waals surface area (Å²) in [6.07, 6.45) is 2.55. The van der Waals surface area contributed by atoms with Crippen molar-refractivity contribution in [3.63, 3.8) is 0 Å². The van der Waals surface area contributed by atoms with Gasteiger partial charge in [0.05, 0.1) is 7.11 Å². The highest BCUT2D eigenvalue weighted by Gasteiger charge is 2.15. The molecule has 0 amide bonds. The molecule has 0 N–H and O–H groups in total. The third-order valence-electron chi connectivity index (χ3n) is 3.40. The van der Waals surface area contributed by atoms with Gasteiger partial charge in [-0.1, -0.05) is 11.6 Å². The molecule has 1 aliphatic rings. The van der Waals surface area contributed by atoms with Crippen molar-refractivity contribution in [3.05, 3.63) is 29.3 Å². The van der Waals surface area contributed by atoms with Crippen LogP contribution in [0.15, 0.2) is 18.2 Å². The average Bonchev–Trinajstić information content (AvgIpc) is 2.92. The number of nitrogens with zero attached hydrogens (tertiary/aromatic N) is 1. The standard InChI is InChI=1S/C15H21NO3/c1-12-5-6-14(13(11-12)15(17)18-2)19-10-9-16-7-3-4-8-16/h5-6,11H,3-4,7-10H2,1-2H3. The summed E-state index contributed by atoms with van der Waals surface area (Å²) in [5.41, 5.74) is 1.52. The van der Waals surface area contributed by atoms with Gasteiger partial charge in [-0.25, -0.2) is 4.79 Å². The number of rotatable bonds is 5. The highest BCUT2D eigenvalue weighted by atomic mass is 16.5. The van der Waals surface area contributed by atoms with Crippen LogP contribution in [0.1, 0.15) is 28.8 Å². The number of esters is 1. The molecule has 1 saturated heterocycles. The van der Waals surface area contributed by atoms with Crippen LogP contribution in [0.4, 0.5) is 0 Å². The Kier molecular flexibility index (Phi) is 4.80. The molecule has 1 aliphatic heterocycles. The van der Waals surface area contributed by atoms with Crippen LogP contribution in [0, 0.1) is 6.92 Å². The Labute approximate surface area is 114 Å². The van der Waals surface area contributed by atoms with Crippen molar-refractivity contribution in [1.82, 2.24) is 4.90 Å². The maximum Gasteiger partial charge on any atom is 0.341 e. The second kappa shape index (κ2) is 6.57. The number of methoxy groups -OCH3 is 1. The molecule has 1 aromatic carbocycles. The fourth-order valence-electron chi connectivity index (χ4n) is 2.33. The Bertz CT molecular complexity index is 439. The maximum atomic E-state index is 11.7. The number of carbonyl (C=O) groups is 1. The number of hydrogen-bond acceptors (Lipinski definition) is 4. The van der Waals surface area contributed by atoms with Crippen LogP contribution < -0.4 is 4.74 Å². The molecule has 0 spiro atoms. The molecular weight excluding hydrogens is 242 g/mol. The fraction of sp³-hybridized carbons (Fsp3) is 0.533. The topological polar surface area (TPSA) is 38.8 Å². The van der Waals surface area contributed by atoms with Gasteiger partial charge in [0.25, 0.3) is 0 Å². The molecule has 1 aromatic rings. The summed E-state index contributed by atoms with van der Waals surface area (Å²) in [4.78, 5) is 14.1. The highest BCUT2D eigenvalue weighted by Crippen LogP contribution is 2.21. The van der Waals surface area contributed by atoms with Gasteiger partial charge in [-0.05, 0) is 45.0 Å². The molecule has 4 heteroatoms. The van der Waals surface area contributed by atoms with Crippen LogP contribution in [0.3, 0.4) is 0 Å². The van der Waals surface area contributed by atoms with Gasteiger partial charge in [-0.15, -0.1) is 0 Å². The van der Waals surface area contributed by atoms with Gasteiger partial charge in [0, 0.05) is 6.54 Å². The lowest BCUT2D eigenvalue weighted by molar-refractivity contribution is 0.0595. The van der Waals surface area contributed by atoms with Gasteiger partial charge < -0.3 is 9.47 Å². The SMILES string of the molecule is COC(=O)c1cc(C)ccc1OCCN1CCCC1. The van der Waals surface area contributed by atoms with E-state index in [1.54, 1.807) is 6.07 Å². The number of benzene rings is 1. The van der Waals surface area contributed by atoms with E-state index in [-0.39, 0.29) is 5.97 Å². The van der Waals surface area contributed by atoms with E-state index in [1.807, 2.05) is 19.1 Å². The Morgan fingerprint density at radius 2 is 2.05 bits per heavy atom. The molecule has 4 nitrogen and oxygen atoms in total. The van der Waals surface area contributed by atoms with Crippen molar-refractivity contribution in [2.75, 3.05) is 33.4 Å². The molecule has 0 radical (unpaired) electrons.